The highest BCUT2D eigenvalue weighted by molar-refractivity contribution is 7.89. The Labute approximate surface area is 84.7 Å². The van der Waals surface area contributed by atoms with E-state index >= 15 is 0 Å². The van der Waals surface area contributed by atoms with Gasteiger partial charge in [-0.2, -0.15) is 4.31 Å². The molecule has 84 valence electrons. The molecule has 0 aromatic carbocycles. The molecule has 1 saturated heterocycles. The van der Waals surface area contributed by atoms with Crippen molar-refractivity contribution in [3.63, 3.8) is 0 Å². The SMILES string of the molecule is CC1CN(S(=O)(=O)C(C)CO)CCO1. The lowest BCUT2D eigenvalue weighted by Crippen LogP contribution is -2.48. The van der Waals surface area contributed by atoms with E-state index in [2.05, 4.69) is 0 Å². The molecule has 0 spiro atoms. The van der Waals surface area contributed by atoms with Crippen LogP contribution in [0, 0.1) is 0 Å². The molecule has 0 radical (unpaired) electrons. The lowest BCUT2D eigenvalue weighted by molar-refractivity contribution is 0.00972. The minimum Gasteiger partial charge on any atom is -0.395 e. The maximum Gasteiger partial charge on any atom is 0.219 e. The first kappa shape index (κ1) is 11.9. The molecule has 1 aliphatic rings. The maximum atomic E-state index is 11.8. The first-order chi connectivity index (χ1) is 6.48. The van der Waals surface area contributed by atoms with Crippen molar-refractivity contribution in [2.45, 2.75) is 25.2 Å². The van der Waals surface area contributed by atoms with Crippen LogP contribution in [-0.2, 0) is 14.8 Å². The van der Waals surface area contributed by atoms with Crippen LogP contribution in [0.3, 0.4) is 0 Å². The van der Waals surface area contributed by atoms with E-state index in [0.717, 1.165) is 0 Å². The Balaban J connectivity index is 2.72. The summed E-state index contributed by atoms with van der Waals surface area (Å²) in [6.07, 6.45) is -0.0654. The van der Waals surface area contributed by atoms with Gasteiger partial charge in [0.05, 0.1) is 24.6 Å². The van der Waals surface area contributed by atoms with Crippen molar-refractivity contribution in [2.24, 2.45) is 0 Å². The Morgan fingerprint density at radius 1 is 1.64 bits per heavy atom. The van der Waals surface area contributed by atoms with E-state index in [9.17, 15) is 8.42 Å². The molecule has 1 aliphatic heterocycles. The van der Waals surface area contributed by atoms with Crippen molar-refractivity contribution >= 4 is 10.0 Å². The number of hydrogen-bond donors (Lipinski definition) is 1. The summed E-state index contributed by atoms with van der Waals surface area (Å²) in [5.41, 5.74) is 0. The highest BCUT2D eigenvalue weighted by Crippen LogP contribution is 2.13. The number of aliphatic hydroxyl groups is 1. The van der Waals surface area contributed by atoms with Gasteiger partial charge in [0.1, 0.15) is 0 Å². The van der Waals surface area contributed by atoms with Crippen molar-refractivity contribution in [1.29, 1.82) is 0 Å². The molecule has 0 bridgehead atoms. The largest absolute Gasteiger partial charge is 0.395 e. The molecule has 5 nitrogen and oxygen atoms in total. The molecule has 1 N–H and O–H groups in total. The van der Waals surface area contributed by atoms with E-state index in [1.807, 2.05) is 6.92 Å². The van der Waals surface area contributed by atoms with E-state index < -0.39 is 15.3 Å². The predicted molar refractivity (Wildman–Crippen MR) is 52.5 cm³/mol. The summed E-state index contributed by atoms with van der Waals surface area (Å²) >= 11 is 0. The van der Waals surface area contributed by atoms with E-state index in [-0.39, 0.29) is 12.7 Å². The number of aliphatic hydroxyl groups excluding tert-OH is 1. The van der Waals surface area contributed by atoms with Crippen LogP contribution >= 0.6 is 0 Å². The Kier molecular flexibility index (Phi) is 3.88. The van der Waals surface area contributed by atoms with Gasteiger partial charge in [0.2, 0.25) is 10.0 Å². The minimum atomic E-state index is -3.34. The fraction of sp³-hybridized carbons (Fsp3) is 1.00. The van der Waals surface area contributed by atoms with Gasteiger partial charge in [0.25, 0.3) is 0 Å². The molecule has 6 heteroatoms. The van der Waals surface area contributed by atoms with Crippen LogP contribution in [0.5, 0.6) is 0 Å². The summed E-state index contributed by atoms with van der Waals surface area (Å²) in [5, 5.41) is 8.10. The standard InChI is InChI=1S/C8H17NO4S/c1-7-5-9(3-4-13-7)14(11,12)8(2)6-10/h7-8,10H,3-6H2,1-2H3. The summed E-state index contributed by atoms with van der Waals surface area (Å²) in [6, 6.07) is 0. The molecule has 1 rings (SSSR count). The van der Waals surface area contributed by atoms with Crippen molar-refractivity contribution in [1.82, 2.24) is 4.31 Å². The van der Waals surface area contributed by atoms with E-state index in [1.165, 1.54) is 11.2 Å². The lowest BCUT2D eigenvalue weighted by atomic mass is 10.3. The van der Waals surface area contributed by atoms with Crippen molar-refractivity contribution in [2.75, 3.05) is 26.3 Å². The predicted octanol–water partition coefficient (Wildman–Crippen LogP) is -0.582. The molecular formula is C8H17NO4S. The van der Waals surface area contributed by atoms with Crippen molar-refractivity contribution in [3.8, 4) is 0 Å². The summed E-state index contributed by atoms with van der Waals surface area (Å²) in [4.78, 5) is 0. The Hall–Kier alpha value is -0.170. The number of nitrogens with zero attached hydrogens (tertiary/aromatic N) is 1. The molecule has 1 fully saturated rings. The number of ether oxygens (including phenoxy) is 1. The zero-order chi connectivity index (χ0) is 10.8. The van der Waals surface area contributed by atoms with Crippen LogP contribution in [-0.4, -0.2) is 55.5 Å². The molecule has 14 heavy (non-hydrogen) atoms. The van der Waals surface area contributed by atoms with E-state index in [1.54, 1.807) is 0 Å². The first-order valence-electron chi connectivity index (χ1n) is 4.70. The molecule has 2 unspecified atom stereocenters. The van der Waals surface area contributed by atoms with Gasteiger partial charge in [0, 0.05) is 13.1 Å². The Morgan fingerprint density at radius 3 is 2.79 bits per heavy atom. The maximum absolute atomic E-state index is 11.8. The normalized spacial score (nSPS) is 27.5. The fourth-order valence-electron chi connectivity index (χ4n) is 1.37. The fourth-order valence-corrected chi connectivity index (χ4v) is 2.81. The first-order valence-corrected chi connectivity index (χ1v) is 6.20. The van der Waals surface area contributed by atoms with Crippen molar-refractivity contribution in [3.05, 3.63) is 0 Å². The van der Waals surface area contributed by atoms with Crippen LogP contribution < -0.4 is 0 Å². The van der Waals surface area contributed by atoms with E-state index in [0.29, 0.717) is 19.7 Å². The summed E-state index contributed by atoms with van der Waals surface area (Å²) in [6.45, 7) is 4.21. The quantitative estimate of drug-likeness (QED) is 0.695. The Bertz CT molecular complexity index is 277. The second-order valence-electron chi connectivity index (χ2n) is 3.58. The molecule has 0 saturated carbocycles. The van der Waals surface area contributed by atoms with Gasteiger partial charge in [-0.1, -0.05) is 0 Å². The van der Waals surface area contributed by atoms with Gasteiger partial charge in [-0.05, 0) is 13.8 Å². The summed E-state index contributed by atoms with van der Waals surface area (Å²) in [5.74, 6) is 0. The Morgan fingerprint density at radius 2 is 2.29 bits per heavy atom. The molecular weight excluding hydrogens is 206 g/mol. The minimum absolute atomic E-state index is 0.0654. The number of morpholine rings is 1. The zero-order valence-electron chi connectivity index (χ0n) is 8.51. The van der Waals surface area contributed by atoms with Crippen LogP contribution in [0.4, 0.5) is 0 Å². The van der Waals surface area contributed by atoms with Gasteiger partial charge in [-0.15, -0.1) is 0 Å². The van der Waals surface area contributed by atoms with Gasteiger partial charge in [0.15, 0.2) is 0 Å². The van der Waals surface area contributed by atoms with Gasteiger partial charge in [-0.3, -0.25) is 0 Å². The number of sulfonamides is 1. The average molecular weight is 223 g/mol. The molecule has 0 aromatic heterocycles. The molecule has 0 aromatic rings. The number of rotatable bonds is 3. The second-order valence-corrected chi connectivity index (χ2v) is 5.93. The van der Waals surface area contributed by atoms with Gasteiger partial charge < -0.3 is 9.84 Å². The monoisotopic (exact) mass is 223 g/mol. The lowest BCUT2D eigenvalue weighted by Gasteiger charge is -2.31. The highest BCUT2D eigenvalue weighted by Gasteiger charge is 2.31. The van der Waals surface area contributed by atoms with Gasteiger partial charge in [-0.25, -0.2) is 8.42 Å². The zero-order valence-corrected chi connectivity index (χ0v) is 9.33. The third-order valence-electron chi connectivity index (χ3n) is 2.33. The van der Waals surface area contributed by atoms with E-state index in [4.69, 9.17) is 9.84 Å². The van der Waals surface area contributed by atoms with Crippen molar-refractivity contribution < 1.29 is 18.3 Å². The average Bonchev–Trinajstić information content (AvgIpc) is 2.16. The molecule has 0 amide bonds. The van der Waals surface area contributed by atoms with Gasteiger partial charge >= 0.3 is 0 Å². The topological polar surface area (TPSA) is 66.8 Å². The second kappa shape index (κ2) is 4.57. The molecule has 2 atom stereocenters. The van der Waals surface area contributed by atoms with Crippen LogP contribution in [0.1, 0.15) is 13.8 Å². The summed E-state index contributed by atoms with van der Waals surface area (Å²) in [7, 11) is -3.34. The molecule has 1 heterocycles. The third kappa shape index (κ3) is 2.44. The number of hydrogen-bond acceptors (Lipinski definition) is 4. The third-order valence-corrected chi connectivity index (χ3v) is 4.55. The molecule has 0 aliphatic carbocycles. The van der Waals surface area contributed by atoms with Crippen LogP contribution in [0.15, 0.2) is 0 Å². The smallest absolute Gasteiger partial charge is 0.219 e. The van der Waals surface area contributed by atoms with Crippen LogP contribution in [0.2, 0.25) is 0 Å². The summed E-state index contributed by atoms with van der Waals surface area (Å²) < 4.78 is 30.2. The highest BCUT2D eigenvalue weighted by atomic mass is 32.2. The van der Waals surface area contributed by atoms with Crippen LogP contribution in [0.25, 0.3) is 0 Å².